The zero-order chi connectivity index (χ0) is 18.8. The number of nitrogens with one attached hydrogen (secondary N) is 2. The Labute approximate surface area is 162 Å². The van der Waals surface area contributed by atoms with Crippen LogP contribution in [0, 0.1) is 0 Å². The number of hydrogen-bond acceptors (Lipinski definition) is 5. The second-order valence-electron chi connectivity index (χ2n) is 6.13. The van der Waals surface area contributed by atoms with Gasteiger partial charge in [-0.3, -0.25) is 0 Å². The summed E-state index contributed by atoms with van der Waals surface area (Å²) < 4.78 is 10.8. The third-order valence-corrected chi connectivity index (χ3v) is 4.63. The molecule has 0 spiro atoms. The van der Waals surface area contributed by atoms with Gasteiger partial charge in [0.15, 0.2) is 5.11 Å². The molecule has 0 amide bonds. The van der Waals surface area contributed by atoms with E-state index in [1.165, 1.54) is 0 Å². The van der Waals surface area contributed by atoms with Gasteiger partial charge in [-0.2, -0.15) is 4.98 Å². The molecule has 1 aliphatic heterocycles. The first-order valence-electron chi connectivity index (χ1n) is 8.47. The Hall–Kier alpha value is -3.19. The topological polar surface area (TPSA) is 72.2 Å². The van der Waals surface area contributed by atoms with Gasteiger partial charge in [0.2, 0.25) is 5.82 Å². The summed E-state index contributed by atoms with van der Waals surface area (Å²) in [5.41, 5.74) is 3.67. The van der Waals surface area contributed by atoms with E-state index >= 15 is 0 Å². The maximum Gasteiger partial charge on any atom is 0.258 e. The van der Waals surface area contributed by atoms with Crippen LogP contribution in [-0.4, -0.2) is 22.4 Å². The second kappa shape index (κ2) is 7.20. The van der Waals surface area contributed by atoms with Crippen molar-refractivity contribution in [2.75, 3.05) is 7.11 Å². The molecule has 0 saturated carbocycles. The maximum atomic E-state index is 5.59. The van der Waals surface area contributed by atoms with Crippen LogP contribution in [0.25, 0.3) is 17.0 Å². The summed E-state index contributed by atoms with van der Waals surface area (Å²) in [7, 11) is 1.64. The van der Waals surface area contributed by atoms with Gasteiger partial charge >= 0.3 is 0 Å². The molecule has 27 heavy (non-hydrogen) atoms. The molecule has 1 aromatic heterocycles. The van der Waals surface area contributed by atoms with Gasteiger partial charge < -0.3 is 19.9 Å². The summed E-state index contributed by atoms with van der Waals surface area (Å²) in [6.45, 7) is 1.95. The van der Waals surface area contributed by atoms with Crippen molar-refractivity contribution in [1.29, 1.82) is 0 Å². The highest BCUT2D eigenvalue weighted by Gasteiger charge is 2.30. The van der Waals surface area contributed by atoms with E-state index in [2.05, 4.69) is 20.8 Å². The fourth-order valence-corrected chi connectivity index (χ4v) is 3.33. The molecule has 2 heterocycles. The predicted molar refractivity (Wildman–Crippen MR) is 107 cm³/mol. The molecule has 2 aromatic carbocycles. The lowest BCUT2D eigenvalue weighted by Crippen LogP contribution is -2.42. The summed E-state index contributed by atoms with van der Waals surface area (Å²) in [5, 5.41) is 11.1. The molecule has 2 N–H and O–H groups in total. The Kier molecular flexibility index (Phi) is 4.60. The summed E-state index contributed by atoms with van der Waals surface area (Å²) in [6, 6.07) is 17.3. The quantitative estimate of drug-likeness (QED) is 0.671. The number of ether oxygens (including phenoxy) is 1. The van der Waals surface area contributed by atoms with Gasteiger partial charge in [0.05, 0.1) is 18.7 Å². The lowest BCUT2D eigenvalue weighted by Gasteiger charge is -2.29. The van der Waals surface area contributed by atoms with Gasteiger partial charge in [0.25, 0.3) is 5.89 Å². The first-order chi connectivity index (χ1) is 13.2. The van der Waals surface area contributed by atoms with Crippen LogP contribution in [0.2, 0.25) is 0 Å². The Morgan fingerprint density at radius 1 is 1.07 bits per heavy atom. The molecular formula is C20H18N4O2S. The van der Waals surface area contributed by atoms with Crippen molar-refractivity contribution >= 4 is 22.9 Å². The second-order valence-corrected chi connectivity index (χ2v) is 6.54. The van der Waals surface area contributed by atoms with E-state index in [1.54, 1.807) is 7.11 Å². The van der Waals surface area contributed by atoms with Crippen molar-refractivity contribution in [2.24, 2.45) is 0 Å². The molecule has 1 atom stereocenters. The molecule has 3 aromatic rings. The summed E-state index contributed by atoms with van der Waals surface area (Å²) in [4.78, 5) is 4.61. The summed E-state index contributed by atoms with van der Waals surface area (Å²) >= 11 is 5.35. The van der Waals surface area contributed by atoms with E-state index in [0.717, 1.165) is 28.1 Å². The van der Waals surface area contributed by atoms with Crippen molar-refractivity contribution in [3.8, 4) is 17.1 Å². The van der Waals surface area contributed by atoms with Crippen LogP contribution in [0.3, 0.4) is 0 Å². The van der Waals surface area contributed by atoms with Crippen LogP contribution in [0.5, 0.6) is 5.75 Å². The monoisotopic (exact) mass is 378 g/mol. The van der Waals surface area contributed by atoms with Crippen LogP contribution in [0.4, 0.5) is 0 Å². The van der Waals surface area contributed by atoms with Crippen LogP contribution >= 0.6 is 12.2 Å². The highest BCUT2D eigenvalue weighted by atomic mass is 32.1. The number of thiocarbonyl (C=S) groups is 1. The van der Waals surface area contributed by atoms with Crippen molar-refractivity contribution in [3.63, 3.8) is 0 Å². The Morgan fingerprint density at radius 2 is 1.81 bits per heavy atom. The first-order valence-corrected chi connectivity index (χ1v) is 8.88. The molecule has 0 saturated heterocycles. The SMILES string of the molecule is COc1ccc(C2NC(=S)NC(C)=C2c2nc(-c3ccccc3)no2)cc1. The molecule has 0 radical (unpaired) electrons. The number of aromatic nitrogens is 2. The Balaban J connectivity index is 1.74. The zero-order valence-corrected chi connectivity index (χ0v) is 15.7. The zero-order valence-electron chi connectivity index (χ0n) is 14.9. The van der Waals surface area contributed by atoms with Crippen molar-refractivity contribution in [2.45, 2.75) is 13.0 Å². The van der Waals surface area contributed by atoms with Gasteiger partial charge in [0.1, 0.15) is 5.75 Å². The largest absolute Gasteiger partial charge is 0.497 e. The maximum absolute atomic E-state index is 5.59. The van der Waals surface area contributed by atoms with Gasteiger partial charge in [-0.05, 0) is 36.8 Å². The normalized spacial score (nSPS) is 16.7. The van der Waals surface area contributed by atoms with Gasteiger partial charge in [-0.25, -0.2) is 0 Å². The fourth-order valence-electron chi connectivity index (χ4n) is 3.06. The lowest BCUT2D eigenvalue weighted by atomic mass is 9.95. The molecule has 1 unspecified atom stereocenters. The lowest BCUT2D eigenvalue weighted by molar-refractivity contribution is 0.403. The molecule has 4 rings (SSSR count). The van der Waals surface area contributed by atoms with Crippen LogP contribution in [-0.2, 0) is 0 Å². The molecule has 1 aliphatic rings. The minimum atomic E-state index is -0.200. The van der Waals surface area contributed by atoms with Gasteiger partial charge in [-0.15, -0.1) is 0 Å². The molecule has 6 nitrogen and oxygen atoms in total. The number of rotatable bonds is 4. The number of hydrogen-bond donors (Lipinski definition) is 2. The number of nitrogens with zero attached hydrogens (tertiary/aromatic N) is 2. The van der Waals surface area contributed by atoms with Crippen molar-refractivity contribution in [1.82, 2.24) is 20.8 Å². The van der Waals surface area contributed by atoms with Crippen molar-refractivity contribution in [3.05, 3.63) is 71.7 Å². The summed E-state index contributed by atoms with van der Waals surface area (Å²) in [5.74, 6) is 1.80. The van der Waals surface area contributed by atoms with E-state index in [-0.39, 0.29) is 6.04 Å². The molecule has 0 aliphatic carbocycles. The molecule has 0 bridgehead atoms. The Bertz CT molecular complexity index is 996. The van der Waals surface area contributed by atoms with E-state index in [9.17, 15) is 0 Å². The van der Waals surface area contributed by atoms with Crippen molar-refractivity contribution < 1.29 is 9.26 Å². The van der Waals surface area contributed by atoms with Crippen LogP contribution in [0.1, 0.15) is 24.4 Å². The minimum absolute atomic E-state index is 0.200. The van der Waals surface area contributed by atoms with Crippen LogP contribution < -0.4 is 15.4 Å². The number of benzene rings is 2. The third-order valence-electron chi connectivity index (χ3n) is 4.41. The fraction of sp³-hybridized carbons (Fsp3) is 0.150. The van der Waals surface area contributed by atoms with Gasteiger partial charge in [0, 0.05) is 11.3 Å². The summed E-state index contributed by atoms with van der Waals surface area (Å²) in [6.07, 6.45) is 0. The third kappa shape index (κ3) is 3.41. The molecule has 7 heteroatoms. The highest BCUT2D eigenvalue weighted by molar-refractivity contribution is 7.80. The van der Waals surface area contributed by atoms with E-state index in [1.807, 2.05) is 61.5 Å². The van der Waals surface area contributed by atoms with E-state index in [4.69, 9.17) is 21.5 Å². The van der Waals surface area contributed by atoms with Crippen LogP contribution in [0.15, 0.2) is 64.8 Å². The number of methoxy groups -OCH3 is 1. The molecule has 0 fully saturated rings. The first kappa shape index (κ1) is 17.2. The average Bonchev–Trinajstić information content (AvgIpc) is 3.18. The smallest absolute Gasteiger partial charge is 0.258 e. The number of allylic oxidation sites excluding steroid dienone is 1. The molecule has 136 valence electrons. The van der Waals surface area contributed by atoms with Gasteiger partial charge in [-0.1, -0.05) is 47.6 Å². The Morgan fingerprint density at radius 3 is 2.52 bits per heavy atom. The van der Waals surface area contributed by atoms with E-state index < -0.39 is 0 Å². The highest BCUT2D eigenvalue weighted by Crippen LogP contribution is 2.34. The average molecular weight is 378 g/mol. The standard InChI is InChI=1S/C20H18N4O2S/c1-12-16(19-23-18(24-26-19)14-6-4-3-5-7-14)17(22-20(27)21-12)13-8-10-15(25-2)11-9-13/h3-11,17H,1-2H3,(H2,21,22,27). The minimum Gasteiger partial charge on any atom is -0.497 e. The molecular weight excluding hydrogens is 360 g/mol. The van der Waals surface area contributed by atoms with E-state index in [0.29, 0.717) is 16.8 Å². The predicted octanol–water partition coefficient (Wildman–Crippen LogP) is 3.70.